The highest BCUT2D eigenvalue weighted by atomic mass is 16.5. The summed E-state index contributed by atoms with van der Waals surface area (Å²) in [5.74, 6) is 1.78. The van der Waals surface area contributed by atoms with E-state index in [0.29, 0.717) is 0 Å². The number of rotatable bonds is 5. The van der Waals surface area contributed by atoms with Gasteiger partial charge in [-0.15, -0.1) is 0 Å². The molecule has 3 aromatic rings. The van der Waals surface area contributed by atoms with E-state index in [1.54, 1.807) is 26.6 Å². The van der Waals surface area contributed by atoms with E-state index in [2.05, 4.69) is 44.1 Å². The van der Waals surface area contributed by atoms with Crippen LogP contribution < -0.4 is 15.2 Å². The van der Waals surface area contributed by atoms with E-state index < -0.39 is 0 Å². The van der Waals surface area contributed by atoms with Crippen LogP contribution in [0.4, 0.5) is 5.95 Å². The summed E-state index contributed by atoms with van der Waals surface area (Å²) in [6.45, 7) is 1.63. The average Bonchev–Trinajstić information content (AvgIpc) is 2.74. The third kappa shape index (κ3) is 3.48. The van der Waals surface area contributed by atoms with Crippen LogP contribution in [0.15, 0.2) is 49.1 Å². The lowest BCUT2D eigenvalue weighted by Crippen LogP contribution is -2.35. The van der Waals surface area contributed by atoms with Crippen molar-refractivity contribution in [1.29, 1.82) is 0 Å². The molecule has 0 radical (unpaired) electrons. The highest BCUT2D eigenvalue weighted by Crippen LogP contribution is 2.41. The van der Waals surface area contributed by atoms with Crippen LogP contribution >= 0.6 is 0 Å². The maximum Gasteiger partial charge on any atom is 0.219 e. The largest absolute Gasteiger partial charge is 0.493 e. The number of hydrogen-bond donors (Lipinski definition) is 1. The third-order valence-electron chi connectivity index (χ3n) is 5.11. The molecule has 1 aliphatic heterocycles. The highest BCUT2D eigenvalue weighted by Gasteiger charge is 2.30. The number of benzene rings is 1. The lowest BCUT2D eigenvalue weighted by molar-refractivity contribution is 0.203. The number of ether oxygens (including phenoxy) is 2. The molecule has 1 unspecified atom stereocenters. The quantitative estimate of drug-likeness (QED) is 0.731. The first-order valence-corrected chi connectivity index (χ1v) is 9.14. The number of nitrogen functional groups attached to an aromatic ring is 1. The smallest absolute Gasteiger partial charge is 0.219 e. The van der Waals surface area contributed by atoms with Gasteiger partial charge in [0.05, 0.1) is 20.3 Å². The number of aromatic nitrogens is 3. The summed E-state index contributed by atoms with van der Waals surface area (Å²) >= 11 is 0. The fraction of sp³-hybridized carbons (Fsp3) is 0.286. The van der Waals surface area contributed by atoms with Crippen molar-refractivity contribution in [2.45, 2.75) is 19.0 Å². The molecule has 28 heavy (non-hydrogen) atoms. The highest BCUT2D eigenvalue weighted by molar-refractivity contribution is 5.51. The lowest BCUT2D eigenvalue weighted by atomic mass is 9.87. The number of hydrogen-bond acceptors (Lipinski definition) is 7. The summed E-state index contributed by atoms with van der Waals surface area (Å²) in [4.78, 5) is 14.9. The minimum absolute atomic E-state index is 0.0732. The molecular formula is C21H23N5O2. The van der Waals surface area contributed by atoms with Gasteiger partial charge in [0.15, 0.2) is 11.5 Å². The summed E-state index contributed by atoms with van der Waals surface area (Å²) in [7, 11) is 3.33. The Balaban J connectivity index is 1.77. The van der Waals surface area contributed by atoms with Crippen LogP contribution in [-0.2, 0) is 13.0 Å². The Bertz CT molecular complexity index is 947. The van der Waals surface area contributed by atoms with Crippen molar-refractivity contribution >= 4 is 5.95 Å². The molecule has 0 saturated carbocycles. The van der Waals surface area contributed by atoms with Gasteiger partial charge < -0.3 is 15.2 Å². The van der Waals surface area contributed by atoms with E-state index in [1.807, 2.05) is 12.4 Å². The molecule has 2 N–H and O–H groups in total. The van der Waals surface area contributed by atoms with Gasteiger partial charge in [0.1, 0.15) is 0 Å². The molecule has 0 saturated heterocycles. The molecule has 1 aromatic carbocycles. The molecule has 144 valence electrons. The fourth-order valence-electron chi connectivity index (χ4n) is 3.79. The summed E-state index contributed by atoms with van der Waals surface area (Å²) in [6, 6.07) is 8.37. The number of anilines is 1. The monoisotopic (exact) mass is 377 g/mol. The van der Waals surface area contributed by atoms with Gasteiger partial charge in [-0.3, -0.25) is 9.88 Å². The first kappa shape index (κ1) is 18.2. The Morgan fingerprint density at radius 3 is 2.43 bits per heavy atom. The van der Waals surface area contributed by atoms with Crippen molar-refractivity contribution in [2.24, 2.45) is 0 Å². The maximum atomic E-state index is 5.63. The topological polar surface area (TPSA) is 86.4 Å². The number of pyridine rings is 1. The van der Waals surface area contributed by atoms with E-state index in [4.69, 9.17) is 15.2 Å². The molecule has 7 nitrogen and oxygen atoms in total. The van der Waals surface area contributed by atoms with E-state index in [1.165, 1.54) is 16.7 Å². The van der Waals surface area contributed by atoms with Crippen LogP contribution in [0.25, 0.3) is 0 Å². The van der Waals surface area contributed by atoms with Crippen LogP contribution in [0.1, 0.15) is 28.3 Å². The number of nitrogens with zero attached hydrogens (tertiary/aromatic N) is 4. The molecule has 0 aliphatic carbocycles. The summed E-state index contributed by atoms with van der Waals surface area (Å²) < 4.78 is 11.1. The summed E-state index contributed by atoms with van der Waals surface area (Å²) in [5.41, 5.74) is 10.3. The van der Waals surface area contributed by atoms with E-state index in [-0.39, 0.29) is 12.0 Å². The zero-order valence-electron chi connectivity index (χ0n) is 16.0. The molecule has 0 amide bonds. The Morgan fingerprint density at radius 1 is 1.07 bits per heavy atom. The van der Waals surface area contributed by atoms with Gasteiger partial charge in [-0.1, -0.05) is 0 Å². The first-order chi connectivity index (χ1) is 13.7. The number of fused-ring (bicyclic) bond motifs is 1. The van der Waals surface area contributed by atoms with Crippen LogP contribution in [0.3, 0.4) is 0 Å². The molecule has 0 spiro atoms. The van der Waals surface area contributed by atoms with Crippen molar-refractivity contribution in [3.8, 4) is 11.5 Å². The van der Waals surface area contributed by atoms with Crippen LogP contribution in [0, 0.1) is 0 Å². The Morgan fingerprint density at radius 2 is 1.75 bits per heavy atom. The number of nitrogens with two attached hydrogens (primary N) is 1. The number of methoxy groups -OCH3 is 2. The third-order valence-corrected chi connectivity index (χ3v) is 5.11. The molecule has 0 bridgehead atoms. The predicted molar refractivity (Wildman–Crippen MR) is 106 cm³/mol. The molecule has 7 heteroatoms. The van der Waals surface area contributed by atoms with Crippen LogP contribution in [-0.4, -0.2) is 40.6 Å². The minimum atomic E-state index is 0.0732. The zero-order chi connectivity index (χ0) is 19.5. The Kier molecular flexibility index (Phi) is 5.08. The van der Waals surface area contributed by atoms with Crippen molar-refractivity contribution in [3.63, 3.8) is 0 Å². The van der Waals surface area contributed by atoms with E-state index in [9.17, 15) is 0 Å². The zero-order valence-corrected chi connectivity index (χ0v) is 16.0. The molecule has 1 atom stereocenters. The second kappa shape index (κ2) is 7.82. The van der Waals surface area contributed by atoms with E-state index in [0.717, 1.165) is 36.6 Å². The van der Waals surface area contributed by atoms with Crippen molar-refractivity contribution < 1.29 is 9.47 Å². The normalized spacial score (nSPS) is 16.4. The minimum Gasteiger partial charge on any atom is -0.493 e. The predicted octanol–water partition coefficient (Wildman–Crippen LogP) is 2.62. The first-order valence-electron chi connectivity index (χ1n) is 9.14. The van der Waals surface area contributed by atoms with Gasteiger partial charge in [0.2, 0.25) is 5.95 Å². The summed E-state index contributed by atoms with van der Waals surface area (Å²) in [5, 5.41) is 0. The molecule has 2 aromatic heterocycles. The van der Waals surface area contributed by atoms with E-state index >= 15 is 0 Å². The van der Waals surface area contributed by atoms with Gasteiger partial charge in [-0.25, -0.2) is 9.97 Å². The molecular weight excluding hydrogens is 354 g/mol. The van der Waals surface area contributed by atoms with Crippen LogP contribution in [0.5, 0.6) is 11.5 Å². The Labute approximate surface area is 164 Å². The standard InChI is InChI=1S/C21H23N5O2/c1-27-18-9-16-5-8-26(13-14-11-24-21(22)25-12-14)20(15-3-6-23-7-4-15)17(16)10-19(18)28-2/h3-4,6-7,9-12,20H,5,8,13H2,1-2H3,(H2,22,24,25). The Hall–Kier alpha value is -3.19. The lowest BCUT2D eigenvalue weighted by Gasteiger charge is -2.38. The van der Waals surface area contributed by atoms with Gasteiger partial charge in [-0.05, 0) is 47.4 Å². The molecule has 4 rings (SSSR count). The molecule has 0 fully saturated rings. The van der Waals surface area contributed by atoms with Crippen molar-refractivity contribution in [3.05, 3.63) is 71.3 Å². The van der Waals surface area contributed by atoms with Gasteiger partial charge in [0.25, 0.3) is 0 Å². The fourth-order valence-corrected chi connectivity index (χ4v) is 3.79. The van der Waals surface area contributed by atoms with Crippen LogP contribution in [0.2, 0.25) is 0 Å². The summed E-state index contributed by atoms with van der Waals surface area (Å²) in [6.07, 6.45) is 8.16. The van der Waals surface area contributed by atoms with Gasteiger partial charge in [0, 0.05) is 43.4 Å². The average molecular weight is 377 g/mol. The second-order valence-corrected chi connectivity index (χ2v) is 6.76. The second-order valence-electron chi connectivity index (χ2n) is 6.76. The van der Waals surface area contributed by atoms with Gasteiger partial charge in [-0.2, -0.15) is 0 Å². The van der Waals surface area contributed by atoms with Gasteiger partial charge >= 0.3 is 0 Å². The maximum absolute atomic E-state index is 5.63. The molecule has 3 heterocycles. The SMILES string of the molecule is COc1cc2c(cc1OC)C(c1ccncc1)N(Cc1cnc(N)nc1)CC2. The molecule has 1 aliphatic rings. The van der Waals surface area contributed by atoms with Crippen molar-refractivity contribution in [1.82, 2.24) is 19.9 Å². The van der Waals surface area contributed by atoms with Crippen molar-refractivity contribution in [2.75, 3.05) is 26.5 Å².